The number of halogens is 1. The molecule has 2 aromatic rings. The summed E-state index contributed by atoms with van der Waals surface area (Å²) in [7, 11) is 0. The predicted molar refractivity (Wildman–Crippen MR) is 95.5 cm³/mol. The molecule has 1 fully saturated rings. The number of carbonyl (C=O) groups excluding carboxylic acids is 3. The van der Waals surface area contributed by atoms with E-state index in [1.165, 1.54) is 18.2 Å². The van der Waals surface area contributed by atoms with Crippen molar-refractivity contribution in [1.82, 2.24) is 10.0 Å². The Labute approximate surface area is 159 Å². The third kappa shape index (κ3) is 3.80. The Hall–Kier alpha value is -3.26. The van der Waals surface area contributed by atoms with Gasteiger partial charge in [-0.15, -0.1) is 0 Å². The van der Waals surface area contributed by atoms with Crippen LogP contribution in [0.25, 0.3) is 0 Å². The first-order valence-electron chi connectivity index (χ1n) is 8.04. The Morgan fingerprint density at radius 3 is 2.41 bits per heavy atom. The zero-order valence-electron chi connectivity index (χ0n) is 14.0. The highest BCUT2D eigenvalue weighted by Crippen LogP contribution is 2.24. The van der Waals surface area contributed by atoms with Crippen molar-refractivity contribution in [3.63, 3.8) is 0 Å². The standard InChI is InChI=1S/C18H14ClN3O5/c19-15-7-2-1-4-13(15)11-20(21-16(23)8-9-17(21)24)18(25)12-5-3-6-14(10-12)22(26)27/h1-7,10H,8-9,11H2. The summed E-state index contributed by atoms with van der Waals surface area (Å²) in [5, 5.41) is 13.1. The topological polar surface area (TPSA) is 101 Å². The number of imide groups is 1. The van der Waals surface area contributed by atoms with E-state index in [-0.39, 0.29) is 30.6 Å². The number of hydrogen-bond donors (Lipinski definition) is 0. The number of hydrogen-bond acceptors (Lipinski definition) is 5. The van der Waals surface area contributed by atoms with Gasteiger partial charge in [0.05, 0.1) is 11.5 Å². The van der Waals surface area contributed by atoms with Gasteiger partial charge in [-0.25, -0.2) is 5.01 Å². The second-order valence-electron chi connectivity index (χ2n) is 5.86. The number of non-ortho nitro benzene ring substituents is 1. The van der Waals surface area contributed by atoms with Crippen LogP contribution in [0.5, 0.6) is 0 Å². The summed E-state index contributed by atoms with van der Waals surface area (Å²) in [6, 6.07) is 11.8. The number of carbonyl (C=O) groups is 3. The van der Waals surface area contributed by atoms with Crippen LogP contribution < -0.4 is 0 Å². The molecule has 3 rings (SSSR count). The first-order chi connectivity index (χ1) is 12.9. The molecule has 3 amide bonds. The number of hydrazine groups is 1. The highest BCUT2D eigenvalue weighted by Gasteiger charge is 2.37. The fourth-order valence-corrected chi connectivity index (χ4v) is 2.95. The molecule has 2 aromatic carbocycles. The maximum atomic E-state index is 13.0. The minimum atomic E-state index is -0.706. The summed E-state index contributed by atoms with van der Waals surface area (Å²) < 4.78 is 0. The number of benzene rings is 2. The van der Waals surface area contributed by atoms with E-state index in [0.29, 0.717) is 10.6 Å². The lowest BCUT2D eigenvalue weighted by molar-refractivity contribution is -0.384. The van der Waals surface area contributed by atoms with Crippen LogP contribution in [0.1, 0.15) is 28.8 Å². The van der Waals surface area contributed by atoms with E-state index in [1.807, 2.05) is 0 Å². The lowest BCUT2D eigenvalue weighted by Crippen LogP contribution is -2.48. The second kappa shape index (κ2) is 7.55. The number of nitrogens with zero attached hydrogens (tertiary/aromatic N) is 3. The van der Waals surface area contributed by atoms with Crippen molar-refractivity contribution in [3.05, 3.63) is 74.8 Å². The molecule has 0 aromatic heterocycles. The largest absolute Gasteiger partial charge is 0.273 e. The molecule has 0 unspecified atom stereocenters. The zero-order chi connectivity index (χ0) is 19.6. The van der Waals surface area contributed by atoms with Crippen LogP contribution in [0.4, 0.5) is 5.69 Å². The van der Waals surface area contributed by atoms with E-state index >= 15 is 0 Å². The fourth-order valence-electron chi connectivity index (χ4n) is 2.76. The average Bonchev–Trinajstić information content (AvgIpc) is 2.99. The van der Waals surface area contributed by atoms with Gasteiger partial charge in [0.25, 0.3) is 11.6 Å². The Balaban J connectivity index is 2.01. The van der Waals surface area contributed by atoms with Gasteiger partial charge in [-0.1, -0.05) is 35.9 Å². The van der Waals surface area contributed by atoms with E-state index in [9.17, 15) is 24.5 Å². The summed E-state index contributed by atoms with van der Waals surface area (Å²) >= 11 is 6.15. The van der Waals surface area contributed by atoms with Gasteiger partial charge in [0.1, 0.15) is 0 Å². The van der Waals surface area contributed by atoms with Crippen LogP contribution in [0.3, 0.4) is 0 Å². The summed E-state index contributed by atoms with van der Waals surface area (Å²) in [6.45, 7) is -0.126. The van der Waals surface area contributed by atoms with Crippen LogP contribution in [0.15, 0.2) is 48.5 Å². The molecule has 1 aliphatic heterocycles. The fraction of sp³-hybridized carbons (Fsp3) is 0.167. The van der Waals surface area contributed by atoms with Crippen molar-refractivity contribution in [1.29, 1.82) is 0 Å². The molecule has 0 aliphatic carbocycles. The Morgan fingerprint density at radius 2 is 1.78 bits per heavy atom. The first kappa shape index (κ1) is 18.5. The minimum absolute atomic E-state index is 0.0000720. The van der Waals surface area contributed by atoms with Crippen LogP contribution >= 0.6 is 11.6 Å². The van der Waals surface area contributed by atoms with Crippen molar-refractivity contribution in [2.75, 3.05) is 0 Å². The highest BCUT2D eigenvalue weighted by atomic mass is 35.5. The number of nitro benzene ring substituents is 1. The summed E-state index contributed by atoms with van der Waals surface area (Å²) in [5.41, 5.74) is 0.256. The maximum Gasteiger partial charge on any atom is 0.273 e. The maximum absolute atomic E-state index is 13.0. The summed E-state index contributed by atoms with van der Waals surface area (Å²) in [6.07, 6.45) is 0.000144. The zero-order valence-corrected chi connectivity index (χ0v) is 14.8. The molecule has 138 valence electrons. The van der Waals surface area contributed by atoms with Gasteiger partial charge >= 0.3 is 0 Å². The monoisotopic (exact) mass is 387 g/mol. The Bertz CT molecular complexity index is 930. The van der Waals surface area contributed by atoms with Gasteiger partial charge in [0.15, 0.2) is 0 Å². The molecule has 0 radical (unpaired) electrons. The summed E-state index contributed by atoms with van der Waals surface area (Å²) in [5.74, 6) is -1.72. The molecule has 0 bridgehead atoms. The molecule has 8 nitrogen and oxygen atoms in total. The molecule has 0 saturated carbocycles. The normalized spacial score (nSPS) is 13.7. The Morgan fingerprint density at radius 1 is 1.11 bits per heavy atom. The number of nitro groups is 1. The van der Waals surface area contributed by atoms with E-state index in [2.05, 4.69) is 0 Å². The molecule has 1 heterocycles. The highest BCUT2D eigenvalue weighted by molar-refractivity contribution is 6.31. The molecular formula is C18H14ClN3O5. The third-order valence-electron chi connectivity index (χ3n) is 4.08. The number of amides is 3. The molecule has 9 heteroatoms. The smallest absolute Gasteiger partial charge is 0.273 e. The molecule has 27 heavy (non-hydrogen) atoms. The van der Waals surface area contributed by atoms with E-state index in [1.54, 1.807) is 24.3 Å². The second-order valence-corrected chi connectivity index (χ2v) is 6.27. The van der Waals surface area contributed by atoms with Gasteiger partial charge in [-0.2, -0.15) is 5.01 Å². The van der Waals surface area contributed by atoms with Gasteiger partial charge in [0.2, 0.25) is 11.8 Å². The van der Waals surface area contributed by atoms with Gasteiger partial charge < -0.3 is 0 Å². The molecule has 0 N–H and O–H groups in total. The lowest BCUT2D eigenvalue weighted by atomic mass is 10.1. The molecule has 0 spiro atoms. The third-order valence-corrected chi connectivity index (χ3v) is 4.45. The van der Waals surface area contributed by atoms with Crippen molar-refractivity contribution in [3.8, 4) is 0 Å². The Kier molecular flexibility index (Phi) is 5.18. The molecule has 0 atom stereocenters. The minimum Gasteiger partial charge on any atom is -0.273 e. The van der Waals surface area contributed by atoms with Crippen molar-refractivity contribution in [2.45, 2.75) is 19.4 Å². The first-order valence-corrected chi connectivity index (χ1v) is 8.41. The molecule has 1 aliphatic rings. The van der Waals surface area contributed by atoms with Gasteiger partial charge in [-0.3, -0.25) is 24.5 Å². The van der Waals surface area contributed by atoms with Crippen molar-refractivity contribution in [2.24, 2.45) is 0 Å². The van der Waals surface area contributed by atoms with Gasteiger partial charge in [0, 0.05) is 35.6 Å². The predicted octanol–water partition coefficient (Wildman–Crippen LogP) is 2.95. The van der Waals surface area contributed by atoms with E-state index in [4.69, 9.17) is 11.6 Å². The average molecular weight is 388 g/mol. The van der Waals surface area contributed by atoms with E-state index < -0.39 is 22.6 Å². The van der Waals surface area contributed by atoms with Crippen LogP contribution in [0.2, 0.25) is 5.02 Å². The van der Waals surface area contributed by atoms with Crippen LogP contribution in [-0.4, -0.2) is 32.7 Å². The van der Waals surface area contributed by atoms with Crippen LogP contribution in [0, 0.1) is 10.1 Å². The SMILES string of the molecule is O=C(c1cccc([N+](=O)[O-])c1)N(Cc1ccccc1Cl)N1C(=O)CCC1=O. The van der Waals surface area contributed by atoms with Crippen molar-refractivity contribution < 1.29 is 19.3 Å². The molecular weight excluding hydrogens is 374 g/mol. The number of rotatable bonds is 5. The molecule has 1 saturated heterocycles. The summed E-state index contributed by atoms with van der Waals surface area (Å²) in [4.78, 5) is 47.8. The van der Waals surface area contributed by atoms with Crippen LogP contribution in [-0.2, 0) is 16.1 Å². The van der Waals surface area contributed by atoms with E-state index in [0.717, 1.165) is 16.1 Å². The lowest BCUT2D eigenvalue weighted by Gasteiger charge is -2.30. The van der Waals surface area contributed by atoms with Gasteiger partial charge in [-0.05, 0) is 17.7 Å². The quantitative estimate of drug-likeness (QED) is 0.446. The van der Waals surface area contributed by atoms with Crippen molar-refractivity contribution >= 4 is 35.0 Å².